The van der Waals surface area contributed by atoms with Crippen molar-refractivity contribution in [1.82, 2.24) is 19.7 Å². The van der Waals surface area contributed by atoms with E-state index in [0.29, 0.717) is 25.4 Å². The molecule has 0 aliphatic carbocycles. The zero-order valence-electron chi connectivity index (χ0n) is 11.6. The van der Waals surface area contributed by atoms with Crippen LogP contribution in [0.4, 0.5) is 0 Å². The van der Waals surface area contributed by atoms with Crippen LogP contribution in [0.3, 0.4) is 0 Å². The normalized spacial score (nSPS) is 14.4. The Balaban J connectivity index is 1.69. The molecule has 0 atom stereocenters. The van der Waals surface area contributed by atoms with Gasteiger partial charge in [-0.2, -0.15) is 5.10 Å². The summed E-state index contributed by atoms with van der Waals surface area (Å²) < 4.78 is 7.58. The minimum Gasteiger partial charge on any atom is -0.451 e. The molecule has 0 bridgehead atoms. The lowest BCUT2D eigenvalue weighted by atomic mass is 10.1. The molecule has 0 unspecified atom stereocenters. The number of carbonyl (C=O) groups excluding carboxylic acids is 1. The minimum atomic E-state index is -0.0852. The number of furan rings is 1. The summed E-state index contributed by atoms with van der Waals surface area (Å²) in [5.74, 6) is 1.14. The molecule has 1 aromatic carbocycles. The van der Waals surface area contributed by atoms with E-state index in [-0.39, 0.29) is 5.91 Å². The van der Waals surface area contributed by atoms with Crippen LogP contribution in [0.2, 0.25) is 0 Å². The van der Waals surface area contributed by atoms with Gasteiger partial charge in [-0.05, 0) is 13.0 Å². The topological polar surface area (TPSA) is 64.2 Å². The maximum absolute atomic E-state index is 12.7. The van der Waals surface area contributed by atoms with Crippen LogP contribution < -0.4 is 0 Å². The van der Waals surface area contributed by atoms with Gasteiger partial charge in [0.05, 0.1) is 13.1 Å². The number of hydrogen-bond donors (Lipinski definition) is 0. The lowest BCUT2D eigenvalue weighted by molar-refractivity contribution is 0.0671. The number of carbonyl (C=O) groups is 1. The zero-order valence-corrected chi connectivity index (χ0v) is 11.6. The first-order chi connectivity index (χ1) is 10.2. The van der Waals surface area contributed by atoms with E-state index in [4.69, 9.17) is 4.42 Å². The molecular weight excluding hydrogens is 268 g/mol. The van der Waals surface area contributed by atoms with Crippen molar-refractivity contribution in [3.05, 3.63) is 47.7 Å². The fourth-order valence-corrected chi connectivity index (χ4v) is 2.76. The van der Waals surface area contributed by atoms with Gasteiger partial charge in [-0.15, -0.1) is 0 Å². The summed E-state index contributed by atoms with van der Waals surface area (Å²) in [6.45, 7) is 3.67. The number of nitrogens with zero attached hydrogens (tertiary/aromatic N) is 4. The van der Waals surface area contributed by atoms with Crippen molar-refractivity contribution in [2.45, 2.75) is 20.0 Å². The third-order valence-corrected chi connectivity index (χ3v) is 3.93. The molecule has 6 heteroatoms. The SMILES string of the molecule is Cc1c(C(=O)N2CCn3ncnc3C2)oc2ccccc12. The van der Waals surface area contributed by atoms with Crippen molar-refractivity contribution in [2.24, 2.45) is 0 Å². The van der Waals surface area contributed by atoms with E-state index < -0.39 is 0 Å². The van der Waals surface area contributed by atoms with Gasteiger partial charge in [0, 0.05) is 17.5 Å². The second-order valence-electron chi connectivity index (χ2n) is 5.18. The maximum atomic E-state index is 12.7. The van der Waals surface area contributed by atoms with Gasteiger partial charge in [-0.3, -0.25) is 4.79 Å². The third kappa shape index (κ3) is 1.83. The predicted molar refractivity (Wildman–Crippen MR) is 75.7 cm³/mol. The van der Waals surface area contributed by atoms with E-state index >= 15 is 0 Å². The molecule has 106 valence electrons. The number of amides is 1. The Morgan fingerprint density at radius 3 is 3.00 bits per heavy atom. The summed E-state index contributed by atoms with van der Waals surface area (Å²) in [6.07, 6.45) is 1.52. The molecule has 3 aromatic rings. The van der Waals surface area contributed by atoms with Gasteiger partial charge >= 0.3 is 0 Å². The molecule has 0 radical (unpaired) electrons. The summed E-state index contributed by atoms with van der Waals surface area (Å²) in [4.78, 5) is 18.6. The van der Waals surface area contributed by atoms with Gasteiger partial charge in [-0.1, -0.05) is 18.2 Å². The first-order valence-electron chi connectivity index (χ1n) is 6.88. The van der Waals surface area contributed by atoms with Crippen LogP contribution in [0.25, 0.3) is 11.0 Å². The molecule has 6 nitrogen and oxygen atoms in total. The number of benzene rings is 1. The molecule has 0 fully saturated rings. The maximum Gasteiger partial charge on any atom is 0.290 e. The number of aromatic nitrogens is 3. The fraction of sp³-hybridized carbons (Fsp3) is 0.267. The van der Waals surface area contributed by atoms with Crippen molar-refractivity contribution in [3.63, 3.8) is 0 Å². The van der Waals surface area contributed by atoms with Gasteiger partial charge < -0.3 is 9.32 Å². The summed E-state index contributed by atoms with van der Waals surface area (Å²) in [5.41, 5.74) is 1.64. The lowest BCUT2D eigenvalue weighted by Crippen LogP contribution is -2.38. The number of aryl methyl sites for hydroxylation is 1. The Bertz CT molecular complexity index is 833. The van der Waals surface area contributed by atoms with Gasteiger partial charge in [0.2, 0.25) is 0 Å². The average molecular weight is 282 g/mol. The quantitative estimate of drug-likeness (QED) is 0.684. The van der Waals surface area contributed by atoms with Crippen molar-refractivity contribution in [3.8, 4) is 0 Å². The molecule has 4 rings (SSSR count). The number of fused-ring (bicyclic) bond motifs is 2. The molecule has 21 heavy (non-hydrogen) atoms. The van der Waals surface area contributed by atoms with Crippen molar-refractivity contribution in [2.75, 3.05) is 6.54 Å². The molecule has 0 saturated heterocycles. The Morgan fingerprint density at radius 1 is 1.29 bits per heavy atom. The largest absolute Gasteiger partial charge is 0.451 e. The van der Waals surface area contributed by atoms with Crippen LogP contribution in [0.5, 0.6) is 0 Å². The minimum absolute atomic E-state index is 0.0852. The molecule has 0 N–H and O–H groups in total. The van der Waals surface area contributed by atoms with E-state index in [1.54, 1.807) is 4.90 Å². The predicted octanol–water partition coefficient (Wildman–Crippen LogP) is 1.99. The Morgan fingerprint density at radius 2 is 2.14 bits per heavy atom. The fourth-order valence-electron chi connectivity index (χ4n) is 2.76. The zero-order chi connectivity index (χ0) is 14.4. The molecule has 2 aromatic heterocycles. The van der Waals surface area contributed by atoms with Gasteiger partial charge in [0.25, 0.3) is 5.91 Å². The summed E-state index contributed by atoms with van der Waals surface area (Å²) in [6, 6.07) is 7.70. The molecule has 0 spiro atoms. The van der Waals surface area contributed by atoms with Gasteiger partial charge in [0.1, 0.15) is 17.7 Å². The third-order valence-electron chi connectivity index (χ3n) is 3.93. The second kappa shape index (κ2) is 4.44. The highest BCUT2D eigenvalue weighted by Crippen LogP contribution is 2.26. The highest BCUT2D eigenvalue weighted by atomic mass is 16.3. The van der Waals surface area contributed by atoms with E-state index in [9.17, 15) is 4.79 Å². The van der Waals surface area contributed by atoms with E-state index in [2.05, 4.69) is 10.1 Å². The molecule has 1 aliphatic rings. The smallest absolute Gasteiger partial charge is 0.290 e. The Labute approximate surface area is 121 Å². The number of hydrogen-bond acceptors (Lipinski definition) is 4. The van der Waals surface area contributed by atoms with E-state index in [0.717, 1.165) is 22.4 Å². The first-order valence-corrected chi connectivity index (χ1v) is 6.88. The van der Waals surface area contributed by atoms with E-state index in [1.165, 1.54) is 6.33 Å². The molecule has 1 aliphatic heterocycles. The van der Waals surface area contributed by atoms with Crippen molar-refractivity contribution >= 4 is 16.9 Å². The first kappa shape index (κ1) is 12.1. The highest BCUT2D eigenvalue weighted by Gasteiger charge is 2.27. The van der Waals surface area contributed by atoms with Crippen LogP contribution in [0, 0.1) is 6.92 Å². The summed E-state index contributed by atoms with van der Waals surface area (Å²) >= 11 is 0. The summed E-state index contributed by atoms with van der Waals surface area (Å²) in [7, 11) is 0. The number of rotatable bonds is 1. The second-order valence-corrected chi connectivity index (χ2v) is 5.18. The van der Waals surface area contributed by atoms with Crippen LogP contribution >= 0.6 is 0 Å². The van der Waals surface area contributed by atoms with Crippen molar-refractivity contribution < 1.29 is 9.21 Å². The van der Waals surface area contributed by atoms with Crippen LogP contribution in [-0.4, -0.2) is 32.1 Å². The average Bonchev–Trinajstić information content (AvgIpc) is 3.11. The Hall–Kier alpha value is -2.63. The monoisotopic (exact) mass is 282 g/mol. The number of para-hydroxylation sites is 1. The van der Waals surface area contributed by atoms with Crippen molar-refractivity contribution in [1.29, 1.82) is 0 Å². The van der Waals surface area contributed by atoms with E-state index in [1.807, 2.05) is 35.9 Å². The molecule has 0 saturated carbocycles. The molecule has 1 amide bonds. The van der Waals surface area contributed by atoms with Gasteiger partial charge in [0.15, 0.2) is 5.76 Å². The van der Waals surface area contributed by atoms with Gasteiger partial charge in [-0.25, -0.2) is 9.67 Å². The molecule has 3 heterocycles. The molecular formula is C15H14N4O2. The van der Waals surface area contributed by atoms with Crippen LogP contribution in [-0.2, 0) is 13.1 Å². The highest BCUT2D eigenvalue weighted by molar-refractivity contribution is 5.98. The van der Waals surface area contributed by atoms with Crippen LogP contribution in [0.1, 0.15) is 21.9 Å². The Kier molecular flexibility index (Phi) is 2.57. The van der Waals surface area contributed by atoms with Crippen LogP contribution in [0.15, 0.2) is 35.0 Å². The summed E-state index contributed by atoms with van der Waals surface area (Å²) in [5, 5.41) is 5.11. The lowest BCUT2D eigenvalue weighted by Gasteiger charge is -2.26. The standard InChI is InChI=1S/C15H14N4O2/c1-10-11-4-2-3-5-12(11)21-14(10)15(20)18-6-7-19-13(8-18)16-9-17-19/h2-5,9H,6-8H2,1H3.